The van der Waals surface area contributed by atoms with Gasteiger partial charge in [-0.15, -0.1) is 11.8 Å². The van der Waals surface area contributed by atoms with Crippen molar-refractivity contribution < 1.29 is 22.7 Å². The minimum absolute atomic E-state index is 0.363. The Morgan fingerprint density at radius 2 is 1.76 bits per heavy atom. The fourth-order valence-corrected chi connectivity index (χ4v) is 3.10. The molecule has 132 valence electrons. The van der Waals surface area contributed by atoms with Gasteiger partial charge in [-0.3, -0.25) is 4.79 Å². The van der Waals surface area contributed by atoms with Gasteiger partial charge in [-0.25, -0.2) is 0 Å². The summed E-state index contributed by atoms with van der Waals surface area (Å²) in [5.41, 5.74) is -0.0803. The summed E-state index contributed by atoms with van der Waals surface area (Å²) in [5, 5.41) is 2.56. The molecule has 2 aromatic carbocycles. The predicted molar refractivity (Wildman–Crippen MR) is 90.7 cm³/mol. The van der Waals surface area contributed by atoms with Crippen molar-refractivity contribution in [2.24, 2.45) is 10.9 Å². The van der Waals surface area contributed by atoms with Crippen LogP contribution in [0, 0.1) is 0 Å². The first kappa shape index (κ1) is 18.9. The van der Waals surface area contributed by atoms with Crippen molar-refractivity contribution in [3.8, 4) is 5.75 Å². The second kappa shape index (κ2) is 8.06. The van der Waals surface area contributed by atoms with E-state index < -0.39 is 17.0 Å². The maximum atomic E-state index is 12.6. The van der Waals surface area contributed by atoms with Gasteiger partial charge in [0.1, 0.15) is 5.75 Å². The first-order valence-corrected chi connectivity index (χ1v) is 7.98. The summed E-state index contributed by atoms with van der Waals surface area (Å²) in [4.78, 5) is 12.8. The number of benzene rings is 2. The summed E-state index contributed by atoms with van der Waals surface area (Å²) in [6, 6.07) is 11.4. The summed E-state index contributed by atoms with van der Waals surface area (Å²) in [5.74, 6) is 5.31. The van der Waals surface area contributed by atoms with E-state index in [0.717, 1.165) is 30.1 Å². The lowest BCUT2D eigenvalue weighted by Crippen LogP contribution is -2.12. The Bertz CT molecular complexity index is 744. The molecule has 0 radical (unpaired) electrons. The first-order chi connectivity index (χ1) is 11.8. The molecule has 8 heteroatoms. The van der Waals surface area contributed by atoms with E-state index in [1.165, 1.54) is 19.2 Å². The zero-order chi connectivity index (χ0) is 18.4. The number of thioether (sulfide) groups is 1. The van der Waals surface area contributed by atoms with Crippen LogP contribution in [0.1, 0.15) is 16.4 Å². The van der Waals surface area contributed by atoms with E-state index in [0.29, 0.717) is 16.2 Å². The summed E-state index contributed by atoms with van der Waals surface area (Å²) < 4.78 is 43.0. The number of rotatable bonds is 6. The lowest BCUT2D eigenvalue weighted by atomic mass is 10.1. The molecular formula is C17H15F3N2O2S. The Morgan fingerprint density at radius 1 is 1.16 bits per heavy atom. The van der Waals surface area contributed by atoms with Gasteiger partial charge in [0.25, 0.3) is 0 Å². The van der Waals surface area contributed by atoms with Crippen LogP contribution in [0.15, 0.2) is 58.5 Å². The molecule has 2 N–H and O–H groups in total. The maximum absolute atomic E-state index is 12.6. The van der Waals surface area contributed by atoms with Gasteiger partial charge in [0.05, 0.1) is 24.1 Å². The van der Waals surface area contributed by atoms with Gasteiger partial charge >= 0.3 is 6.18 Å². The lowest BCUT2D eigenvalue weighted by molar-refractivity contribution is -0.137. The van der Waals surface area contributed by atoms with Crippen LogP contribution >= 0.6 is 11.8 Å². The summed E-state index contributed by atoms with van der Waals surface area (Å²) in [6.45, 7) is 0. The lowest BCUT2D eigenvalue weighted by Gasteiger charge is -2.15. The minimum atomic E-state index is -4.40. The smallest absolute Gasteiger partial charge is 0.416 e. The third kappa shape index (κ3) is 4.99. The van der Waals surface area contributed by atoms with Crippen LogP contribution in [0.3, 0.4) is 0 Å². The van der Waals surface area contributed by atoms with Gasteiger partial charge in [-0.1, -0.05) is 12.1 Å². The van der Waals surface area contributed by atoms with Crippen molar-refractivity contribution in [3.63, 3.8) is 0 Å². The van der Waals surface area contributed by atoms with E-state index in [1.807, 2.05) is 0 Å². The second-order valence-corrected chi connectivity index (χ2v) is 6.15. The van der Waals surface area contributed by atoms with E-state index in [1.54, 1.807) is 24.3 Å². The van der Waals surface area contributed by atoms with Gasteiger partial charge in [-0.05, 0) is 42.0 Å². The monoisotopic (exact) mass is 368 g/mol. The van der Waals surface area contributed by atoms with Gasteiger partial charge in [0, 0.05) is 4.90 Å². The minimum Gasteiger partial charge on any atom is -0.497 e. The molecule has 0 bridgehead atoms. The second-order valence-electron chi connectivity index (χ2n) is 4.97. The first-order valence-electron chi connectivity index (χ1n) is 7.10. The van der Waals surface area contributed by atoms with Crippen LogP contribution < -0.4 is 10.6 Å². The molecule has 1 unspecified atom stereocenters. The van der Waals surface area contributed by atoms with Gasteiger partial charge in [0.15, 0.2) is 5.78 Å². The van der Waals surface area contributed by atoms with Crippen LogP contribution in [0.5, 0.6) is 5.75 Å². The highest BCUT2D eigenvalue weighted by atomic mass is 32.2. The quantitative estimate of drug-likeness (QED) is 0.361. The summed E-state index contributed by atoms with van der Waals surface area (Å²) in [6.07, 6.45) is -3.41. The predicted octanol–water partition coefficient (Wildman–Crippen LogP) is 4.06. The normalized spacial score (nSPS) is 13.0. The Kier molecular flexibility index (Phi) is 6.08. The molecule has 0 spiro atoms. The molecule has 0 aromatic heterocycles. The molecule has 0 saturated heterocycles. The van der Waals surface area contributed by atoms with Crippen LogP contribution in [-0.4, -0.2) is 19.1 Å². The number of nitrogens with zero attached hydrogens (tertiary/aromatic N) is 1. The molecule has 0 aliphatic heterocycles. The third-order valence-corrected chi connectivity index (χ3v) is 4.60. The number of hydrazone groups is 1. The molecule has 0 fully saturated rings. The number of halogens is 3. The van der Waals surface area contributed by atoms with Crippen molar-refractivity contribution in [1.29, 1.82) is 0 Å². The van der Waals surface area contributed by atoms with E-state index in [4.69, 9.17) is 10.6 Å². The molecule has 4 nitrogen and oxygen atoms in total. The van der Waals surface area contributed by atoms with Crippen molar-refractivity contribution in [2.45, 2.75) is 16.3 Å². The number of methoxy groups -OCH3 is 1. The SMILES string of the molecule is COc1ccc(C(Sc2ccc(C(F)(F)F)cc2)C(=O)C=NN)cc1. The van der Waals surface area contributed by atoms with Crippen LogP contribution in [0.2, 0.25) is 0 Å². The standard InChI is InChI=1S/C17H15F3N2O2S/c1-24-13-6-2-11(3-7-13)16(15(23)10-22-21)25-14-8-4-12(5-9-14)17(18,19)20/h2-10,16H,21H2,1H3. The number of hydrogen-bond donors (Lipinski definition) is 1. The highest BCUT2D eigenvalue weighted by Gasteiger charge is 2.30. The Balaban J connectivity index is 2.28. The van der Waals surface area contributed by atoms with E-state index in [-0.39, 0.29) is 5.78 Å². The zero-order valence-electron chi connectivity index (χ0n) is 13.2. The zero-order valence-corrected chi connectivity index (χ0v) is 14.0. The van der Waals surface area contributed by atoms with Gasteiger partial charge < -0.3 is 10.6 Å². The molecule has 0 aliphatic rings. The molecule has 0 aliphatic carbocycles. The molecule has 2 rings (SSSR count). The van der Waals surface area contributed by atoms with Crippen molar-refractivity contribution in [3.05, 3.63) is 59.7 Å². The highest BCUT2D eigenvalue weighted by Crippen LogP contribution is 2.38. The van der Waals surface area contributed by atoms with E-state index in [9.17, 15) is 18.0 Å². The number of nitrogens with two attached hydrogens (primary N) is 1. The fraction of sp³-hybridized carbons (Fsp3) is 0.176. The molecule has 2 aromatic rings. The van der Waals surface area contributed by atoms with Crippen molar-refractivity contribution in [1.82, 2.24) is 0 Å². The van der Waals surface area contributed by atoms with Gasteiger partial charge in [-0.2, -0.15) is 18.3 Å². The number of alkyl halides is 3. The molecule has 25 heavy (non-hydrogen) atoms. The van der Waals surface area contributed by atoms with Gasteiger partial charge in [0.2, 0.25) is 0 Å². The topological polar surface area (TPSA) is 64.7 Å². The summed E-state index contributed by atoms with van der Waals surface area (Å²) >= 11 is 1.12. The Labute approximate surface area is 146 Å². The summed E-state index contributed by atoms with van der Waals surface area (Å²) in [7, 11) is 1.52. The molecular weight excluding hydrogens is 353 g/mol. The number of carbonyl (C=O) groups excluding carboxylic acids is 1. The Morgan fingerprint density at radius 3 is 2.24 bits per heavy atom. The fourth-order valence-electron chi connectivity index (χ4n) is 2.07. The van der Waals surface area contributed by atoms with Crippen LogP contribution in [-0.2, 0) is 11.0 Å². The van der Waals surface area contributed by atoms with Crippen molar-refractivity contribution >= 4 is 23.8 Å². The third-order valence-electron chi connectivity index (χ3n) is 3.31. The number of ether oxygens (including phenoxy) is 1. The average molecular weight is 368 g/mol. The molecule has 1 atom stereocenters. The molecule has 0 amide bonds. The van der Waals surface area contributed by atoms with Crippen molar-refractivity contribution in [2.75, 3.05) is 7.11 Å². The van der Waals surface area contributed by atoms with E-state index >= 15 is 0 Å². The molecule has 0 heterocycles. The van der Waals surface area contributed by atoms with E-state index in [2.05, 4.69) is 5.10 Å². The average Bonchev–Trinajstić information content (AvgIpc) is 2.59. The maximum Gasteiger partial charge on any atom is 0.416 e. The highest BCUT2D eigenvalue weighted by molar-refractivity contribution is 8.00. The number of ketones is 1. The van der Waals surface area contributed by atoms with Crippen LogP contribution in [0.25, 0.3) is 0 Å². The largest absolute Gasteiger partial charge is 0.497 e. The molecule has 0 saturated carbocycles. The number of carbonyl (C=O) groups is 1. The Hall–Kier alpha value is -2.48. The number of Topliss-reactive ketones (excluding diaryl/α,β-unsaturated/α-hetero) is 1. The van der Waals surface area contributed by atoms with Crippen LogP contribution in [0.4, 0.5) is 13.2 Å². The number of hydrogen-bond acceptors (Lipinski definition) is 5.